The van der Waals surface area contributed by atoms with E-state index < -0.39 is 0 Å². The third-order valence-corrected chi connectivity index (χ3v) is 3.25. The highest BCUT2D eigenvalue weighted by atomic mass is 16.3. The molecule has 0 spiro atoms. The second kappa shape index (κ2) is 6.86. The Labute approximate surface area is 98.0 Å². The molecule has 1 rings (SSSR count). The van der Waals surface area contributed by atoms with Gasteiger partial charge in [-0.25, -0.2) is 0 Å². The van der Waals surface area contributed by atoms with Gasteiger partial charge in [0, 0.05) is 31.7 Å². The van der Waals surface area contributed by atoms with Gasteiger partial charge in [0.05, 0.1) is 0 Å². The van der Waals surface area contributed by atoms with Crippen molar-refractivity contribution >= 4 is 5.91 Å². The number of hydrogen-bond donors (Lipinski definition) is 2. The average molecular weight is 228 g/mol. The van der Waals surface area contributed by atoms with Crippen LogP contribution in [-0.4, -0.2) is 48.2 Å². The van der Waals surface area contributed by atoms with Crippen LogP contribution in [0, 0.1) is 5.92 Å². The first-order valence-electron chi connectivity index (χ1n) is 6.32. The summed E-state index contributed by atoms with van der Waals surface area (Å²) in [5.74, 6) is 0.444. The van der Waals surface area contributed by atoms with Gasteiger partial charge in [0.2, 0.25) is 5.91 Å². The smallest absolute Gasteiger partial charge is 0.225 e. The number of rotatable bonds is 5. The molecule has 1 aliphatic heterocycles. The monoisotopic (exact) mass is 228 g/mol. The first kappa shape index (κ1) is 13.5. The number of amides is 1. The van der Waals surface area contributed by atoms with Gasteiger partial charge in [-0.3, -0.25) is 4.79 Å². The number of carbonyl (C=O) groups excluding carboxylic acids is 1. The van der Waals surface area contributed by atoms with Crippen LogP contribution >= 0.6 is 0 Å². The SMILES string of the molecule is CCN(CCCO)C(=O)C1CCNC(C)C1. The van der Waals surface area contributed by atoms with Crippen LogP contribution in [0.2, 0.25) is 0 Å². The van der Waals surface area contributed by atoms with Crippen molar-refractivity contribution in [1.82, 2.24) is 10.2 Å². The maximum atomic E-state index is 12.2. The fourth-order valence-electron chi connectivity index (χ4n) is 2.30. The highest BCUT2D eigenvalue weighted by Gasteiger charge is 2.27. The Hall–Kier alpha value is -0.610. The highest BCUT2D eigenvalue weighted by molar-refractivity contribution is 5.79. The van der Waals surface area contributed by atoms with E-state index in [1.54, 1.807) is 0 Å². The molecular formula is C12H24N2O2. The molecule has 1 saturated heterocycles. The molecular weight excluding hydrogens is 204 g/mol. The van der Waals surface area contributed by atoms with Crippen molar-refractivity contribution in [2.45, 2.75) is 39.2 Å². The summed E-state index contributed by atoms with van der Waals surface area (Å²) in [7, 11) is 0. The number of nitrogens with zero attached hydrogens (tertiary/aromatic N) is 1. The van der Waals surface area contributed by atoms with Crippen LogP contribution in [0.4, 0.5) is 0 Å². The maximum Gasteiger partial charge on any atom is 0.225 e. The second-order valence-corrected chi connectivity index (χ2v) is 4.57. The van der Waals surface area contributed by atoms with Gasteiger partial charge in [-0.1, -0.05) is 0 Å². The summed E-state index contributed by atoms with van der Waals surface area (Å²) >= 11 is 0. The molecule has 0 aliphatic carbocycles. The predicted octanol–water partition coefficient (Wildman–Crippen LogP) is 0.605. The van der Waals surface area contributed by atoms with E-state index in [1.165, 1.54) is 0 Å². The van der Waals surface area contributed by atoms with E-state index >= 15 is 0 Å². The summed E-state index contributed by atoms with van der Waals surface area (Å²) in [6, 6.07) is 0.444. The van der Waals surface area contributed by atoms with E-state index in [4.69, 9.17) is 5.11 Å². The summed E-state index contributed by atoms with van der Waals surface area (Å²) in [5, 5.41) is 12.2. The van der Waals surface area contributed by atoms with E-state index in [2.05, 4.69) is 12.2 Å². The number of hydrogen-bond acceptors (Lipinski definition) is 3. The molecule has 0 bridgehead atoms. The lowest BCUT2D eigenvalue weighted by Crippen LogP contribution is -2.44. The van der Waals surface area contributed by atoms with Crippen LogP contribution in [0.3, 0.4) is 0 Å². The Balaban J connectivity index is 2.46. The van der Waals surface area contributed by atoms with Crippen LogP contribution < -0.4 is 5.32 Å². The van der Waals surface area contributed by atoms with Crippen LogP contribution in [0.5, 0.6) is 0 Å². The third kappa shape index (κ3) is 3.76. The molecule has 1 heterocycles. The van der Waals surface area contributed by atoms with Crippen molar-refractivity contribution in [3.05, 3.63) is 0 Å². The van der Waals surface area contributed by atoms with E-state index in [1.807, 2.05) is 11.8 Å². The van der Waals surface area contributed by atoms with Crippen LogP contribution in [0.25, 0.3) is 0 Å². The minimum absolute atomic E-state index is 0.159. The highest BCUT2D eigenvalue weighted by Crippen LogP contribution is 2.18. The van der Waals surface area contributed by atoms with Crippen molar-refractivity contribution < 1.29 is 9.90 Å². The first-order chi connectivity index (χ1) is 7.69. The molecule has 2 N–H and O–H groups in total. The van der Waals surface area contributed by atoms with E-state index in [-0.39, 0.29) is 18.4 Å². The van der Waals surface area contributed by atoms with E-state index in [0.717, 1.165) is 25.9 Å². The molecule has 4 heteroatoms. The van der Waals surface area contributed by atoms with Crippen LogP contribution in [0.1, 0.15) is 33.1 Å². The fourth-order valence-corrected chi connectivity index (χ4v) is 2.30. The molecule has 4 nitrogen and oxygen atoms in total. The van der Waals surface area contributed by atoms with Crippen molar-refractivity contribution in [3.63, 3.8) is 0 Å². The summed E-state index contributed by atoms with van der Waals surface area (Å²) in [4.78, 5) is 14.1. The largest absolute Gasteiger partial charge is 0.396 e. The number of carbonyl (C=O) groups is 1. The quantitative estimate of drug-likeness (QED) is 0.725. The molecule has 2 unspecified atom stereocenters. The third-order valence-electron chi connectivity index (χ3n) is 3.25. The van der Waals surface area contributed by atoms with Crippen molar-refractivity contribution in [2.75, 3.05) is 26.2 Å². The van der Waals surface area contributed by atoms with Gasteiger partial charge in [0.15, 0.2) is 0 Å². The van der Waals surface area contributed by atoms with Gasteiger partial charge in [-0.05, 0) is 39.7 Å². The molecule has 2 atom stereocenters. The summed E-state index contributed by atoms with van der Waals surface area (Å²) < 4.78 is 0. The molecule has 16 heavy (non-hydrogen) atoms. The zero-order chi connectivity index (χ0) is 12.0. The lowest BCUT2D eigenvalue weighted by Gasteiger charge is -2.31. The molecule has 0 saturated carbocycles. The Bertz CT molecular complexity index is 221. The van der Waals surface area contributed by atoms with Gasteiger partial charge in [-0.2, -0.15) is 0 Å². The number of piperidine rings is 1. The zero-order valence-corrected chi connectivity index (χ0v) is 10.4. The lowest BCUT2D eigenvalue weighted by atomic mass is 9.92. The minimum Gasteiger partial charge on any atom is -0.396 e. The molecule has 94 valence electrons. The number of aliphatic hydroxyl groups is 1. The topological polar surface area (TPSA) is 52.6 Å². The summed E-state index contributed by atoms with van der Waals surface area (Å²) in [6.07, 6.45) is 2.56. The van der Waals surface area contributed by atoms with Gasteiger partial charge in [0.1, 0.15) is 0 Å². The Kier molecular flexibility index (Phi) is 5.77. The fraction of sp³-hybridized carbons (Fsp3) is 0.917. The normalized spacial score (nSPS) is 25.4. The Morgan fingerprint density at radius 3 is 2.88 bits per heavy atom. The molecule has 0 aromatic heterocycles. The Morgan fingerprint density at radius 2 is 2.31 bits per heavy atom. The second-order valence-electron chi connectivity index (χ2n) is 4.57. The average Bonchev–Trinajstić information content (AvgIpc) is 2.29. The molecule has 0 aromatic rings. The number of aliphatic hydroxyl groups excluding tert-OH is 1. The van der Waals surface area contributed by atoms with Gasteiger partial charge >= 0.3 is 0 Å². The van der Waals surface area contributed by atoms with Crippen LogP contribution in [0.15, 0.2) is 0 Å². The molecule has 1 amide bonds. The zero-order valence-electron chi connectivity index (χ0n) is 10.4. The van der Waals surface area contributed by atoms with Crippen molar-refractivity contribution in [3.8, 4) is 0 Å². The first-order valence-corrected chi connectivity index (χ1v) is 6.32. The lowest BCUT2D eigenvalue weighted by molar-refractivity contribution is -0.136. The summed E-state index contributed by atoms with van der Waals surface area (Å²) in [6.45, 7) is 6.66. The van der Waals surface area contributed by atoms with Crippen molar-refractivity contribution in [2.24, 2.45) is 5.92 Å². The minimum atomic E-state index is 0.159. The molecule has 0 aromatic carbocycles. The molecule has 1 fully saturated rings. The predicted molar refractivity (Wildman–Crippen MR) is 64.1 cm³/mol. The van der Waals surface area contributed by atoms with E-state index in [0.29, 0.717) is 19.0 Å². The maximum absolute atomic E-state index is 12.2. The molecule has 1 aliphatic rings. The van der Waals surface area contributed by atoms with Gasteiger partial charge in [-0.15, -0.1) is 0 Å². The molecule has 0 radical (unpaired) electrons. The van der Waals surface area contributed by atoms with Gasteiger partial charge in [0.25, 0.3) is 0 Å². The van der Waals surface area contributed by atoms with Crippen LogP contribution in [-0.2, 0) is 4.79 Å². The standard InChI is InChI=1S/C12H24N2O2/c1-3-14(7-4-8-15)12(16)11-5-6-13-10(2)9-11/h10-11,13,15H,3-9H2,1-2H3. The van der Waals surface area contributed by atoms with Crippen molar-refractivity contribution in [1.29, 1.82) is 0 Å². The number of nitrogens with one attached hydrogen (secondary N) is 1. The Morgan fingerprint density at radius 1 is 1.56 bits per heavy atom. The van der Waals surface area contributed by atoms with E-state index in [9.17, 15) is 4.79 Å². The summed E-state index contributed by atoms with van der Waals surface area (Å²) in [5.41, 5.74) is 0. The van der Waals surface area contributed by atoms with Gasteiger partial charge < -0.3 is 15.3 Å².